The van der Waals surface area contributed by atoms with Crippen molar-refractivity contribution < 1.29 is 9.90 Å². The van der Waals surface area contributed by atoms with Gasteiger partial charge in [-0.15, -0.1) is 0 Å². The Labute approximate surface area is 107 Å². The second-order valence-electron chi connectivity index (χ2n) is 4.83. The highest BCUT2D eigenvalue weighted by molar-refractivity contribution is 5.94. The van der Waals surface area contributed by atoms with Crippen LogP contribution in [0, 0.1) is 0 Å². The maximum Gasteiger partial charge on any atom is 0.337 e. The smallest absolute Gasteiger partial charge is 0.337 e. The molecule has 1 fully saturated rings. The van der Waals surface area contributed by atoms with Crippen LogP contribution in [0.3, 0.4) is 0 Å². The zero-order valence-electron chi connectivity index (χ0n) is 10.6. The molecule has 0 radical (unpaired) electrons. The molecule has 0 aromatic carbocycles. The predicted molar refractivity (Wildman–Crippen MR) is 70.9 cm³/mol. The van der Waals surface area contributed by atoms with Gasteiger partial charge in [0.2, 0.25) is 0 Å². The normalized spacial score (nSPS) is 20.5. The Kier molecular flexibility index (Phi) is 3.69. The van der Waals surface area contributed by atoms with Crippen molar-refractivity contribution >= 4 is 17.5 Å². The summed E-state index contributed by atoms with van der Waals surface area (Å²) in [6.45, 7) is 3.08. The van der Waals surface area contributed by atoms with Gasteiger partial charge in [0.05, 0.1) is 17.4 Å². The number of pyridine rings is 1. The van der Waals surface area contributed by atoms with Gasteiger partial charge in [-0.25, -0.2) is 9.78 Å². The number of hydrogen-bond donors (Lipinski definition) is 2. The molecule has 2 rings (SSSR count). The van der Waals surface area contributed by atoms with Gasteiger partial charge in [0.15, 0.2) is 0 Å². The van der Waals surface area contributed by atoms with Crippen molar-refractivity contribution in [1.82, 2.24) is 4.98 Å². The van der Waals surface area contributed by atoms with E-state index < -0.39 is 5.97 Å². The number of rotatable bonds is 2. The maximum absolute atomic E-state index is 11.1. The molecule has 0 amide bonds. The number of aromatic nitrogens is 1. The van der Waals surface area contributed by atoms with Gasteiger partial charge in [0, 0.05) is 12.6 Å². The quantitative estimate of drug-likeness (QED) is 0.839. The summed E-state index contributed by atoms with van der Waals surface area (Å²) < 4.78 is 0. The summed E-state index contributed by atoms with van der Waals surface area (Å²) in [5.74, 6) is -0.283. The van der Waals surface area contributed by atoms with Crippen molar-refractivity contribution in [2.24, 2.45) is 0 Å². The summed E-state index contributed by atoms with van der Waals surface area (Å²) in [5, 5.41) is 9.08. The van der Waals surface area contributed by atoms with Gasteiger partial charge in [-0.2, -0.15) is 0 Å². The average Bonchev–Trinajstić information content (AvgIpc) is 2.54. The van der Waals surface area contributed by atoms with E-state index in [-0.39, 0.29) is 11.3 Å². The third-order valence-electron chi connectivity index (χ3n) is 3.50. The van der Waals surface area contributed by atoms with Gasteiger partial charge < -0.3 is 15.7 Å². The summed E-state index contributed by atoms with van der Waals surface area (Å²) >= 11 is 0. The van der Waals surface area contributed by atoms with Crippen LogP contribution in [0.25, 0.3) is 0 Å². The van der Waals surface area contributed by atoms with Crippen molar-refractivity contribution in [1.29, 1.82) is 0 Å². The molecular formula is C13H19N3O2. The highest BCUT2D eigenvalue weighted by Crippen LogP contribution is 2.24. The number of anilines is 2. The number of carbonyl (C=O) groups is 1. The third kappa shape index (κ3) is 2.55. The van der Waals surface area contributed by atoms with E-state index in [2.05, 4.69) is 16.8 Å². The van der Waals surface area contributed by atoms with Crippen molar-refractivity contribution in [2.75, 3.05) is 17.2 Å². The van der Waals surface area contributed by atoms with Crippen LogP contribution in [0.5, 0.6) is 0 Å². The van der Waals surface area contributed by atoms with E-state index in [1.807, 2.05) is 0 Å². The van der Waals surface area contributed by atoms with Gasteiger partial charge in [0.25, 0.3) is 0 Å². The molecule has 0 bridgehead atoms. The molecule has 0 spiro atoms. The van der Waals surface area contributed by atoms with Crippen LogP contribution in [0.1, 0.15) is 43.0 Å². The highest BCUT2D eigenvalue weighted by Gasteiger charge is 2.20. The first kappa shape index (κ1) is 12.7. The molecule has 3 N–H and O–H groups in total. The van der Waals surface area contributed by atoms with Gasteiger partial charge in [-0.3, -0.25) is 0 Å². The Hall–Kier alpha value is -1.78. The third-order valence-corrected chi connectivity index (χ3v) is 3.50. The molecule has 18 heavy (non-hydrogen) atoms. The van der Waals surface area contributed by atoms with E-state index in [4.69, 9.17) is 10.8 Å². The Morgan fingerprint density at radius 2 is 2.28 bits per heavy atom. The first-order valence-electron chi connectivity index (χ1n) is 6.35. The van der Waals surface area contributed by atoms with Crippen LogP contribution >= 0.6 is 0 Å². The van der Waals surface area contributed by atoms with Crippen LogP contribution in [-0.4, -0.2) is 28.6 Å². The predicted octanol–water partition coefficient (Wildman–Crippen LogP) is 2.13. The van der Waals surface area contributed by atoms with Gasteiger partial charge in [-0.05, 0) is 25.8 Å². The maximum atomic E-state index is 11.1. The molecule has 1 aromatic heterocycles. The summed E-state index contributed by atoms with van der Waals surface area (Å²) in [6.07, 6.45) is 6.13. The monoisotopic (exact) mass is 249 g/mol. The minimum absolute atomic E-state index is 0.136. The van der Waals surface area contributed by atoms with Crippen molar-refractivity contribution in [3.05, 3.63) is 17.8 Å². The van der Waals surface area contributed by atoms with E-state index in [1.165, 1.54) is 19.0 Å². The van der Waals surface area contributed by atoms with E-state index in [9.17, 15) is 4.79 Å². The number of hydrogen-bond acceptors (Lipinski definition) is 4. The lowest BCUT2D eigenvalue weighted by atomic mass is 10.1. The molecule has 1 aliphatic heterocycles. The molecule has 1 atom stereocenters. The second-order valence-corrected chi connectivity index (χ2v) is 4.83. The van der Waals surface area contributed by atoms with E-state index in [1.54, 1.807) is 6.07 Å². The standard InChI is InChI=1S/C13H19N3O2/c1-9-5-3-2-4-6-16(9)12-7-10(13(17)18)11(14)8-15-12/h7-9H,2-6,14H2,1H3,(H,17,18). The summed E-state index contributed by atoms with van der Waals surface area (Å²) in [6, 6.07) is 1.98. The molecule has 98 valence electrons. The molecule has 1 aromatic rings. The Bertz CT molecular complexity index is 448. The molecule has 0 aliphatic carbocycles. The molecule has 5 heteroatoms. The summed E-state index contributed by atoms with van der Waals surface area (Å²) in [7, 11) is 0. The number of carboxylic acids is 1. The van der Waals surface area contributed by atoms with Crippen LogP contribution in [0.2, 0.25) is 0 Å². The SMILES string of the molecule is CC1CCCCCN1c1cc(C(=O)O)c(N)cn1. The van der Waals surface area contributed by atoms with Gasteiger partial charge in [-0.1, -0.05) is 12.8 Å². The fourth-order valence-electron chi connectivity index (χ4n) is 2.41. The van der Waals surface area contributed by atoms with Crippen LogP contribution in [0.4, 0.5) is 11.5 Å². The molecule has 1 saturated heterocycles. The summed E-state index contributed by atoms with van der Waals surface area (Å²) in [4.78, 5) is 17.5. The molecular weight excluding hydrogens is 230 g/mol. The van der Waals surface area contributed by atoms with Crippen molar-refractivity contribution in [3.8, 4) is 0 Å². The lowest BCUT2D eigenvalue weighted by molar-refractivity contribution is 0.0698. The Balaban J connectivity index is 2.31. The fourth-order valence-corrected chi connectivity index (χ4v) is 2.41. The number of nitrogen functional groups attached to an aromatic ring is 1. The molecule has 2 heterocycles. The number of nitrogens with two attached hydrogens (primary N) is 1. The molecule has 5 nitrogen and oxygen atoms in total. The minimum Gasteiger partial charge on any atom is -0.478 e. The Morgan fingerprint density at radius 3 is 3.00 bits per heavy atom. The second kappa shape index (κ2) is 5.25. The zero-order chi connectivity index (χ0) is 13.1. The van der Waals surface area contributed by atoms with Gasteiger partial charge in [0.1, 0.15) is 5.82 Å². The van der Waals surface area contributed by atoms with E-state index in [0.29, 0.717) is 6.04 Å². The van der Waals surface area contributed by atoms with E-state index in [0.717, 1.165) is 25.2 Å². The Morgan fingerprint density at radius 1 is 1.50 bits per heavy atom. The number of nitrogens with zero attached hydrogens (tertiary/aromatic N) is 2. The number of aromatic carboxylic acids is 1. The van der Waals surface area contributed by atoms with Crippen LogP contribution in [0.15, 0.2) is 12.3 Å². The summed E-state index contributed by atoms with van der Waals surface area (Å²) in [5.41, 5.74) is 5.98. The zero-order valence-corrected chi connectivity index (χ0v) is 10.6. The lowest BCUT2D eigenvalue weighted by Gasteiger charge is -2.28. The fraction of sp³-hybridized carbons (Fsp3) is 0.538. The lowest BCUT2D eigenvalue weighted by Crippen LogP contribution is -2.33. The van der Waals surface area contributed by atoms with Crippen LogP contribution < -0.4 is 10.6 Å². The first-order chi connectivity index (χ1) is 8.59. The van der Waals surface area contributed by atoms with Crippen molar-refractivity contribution in [3.63, 3.8) is 0 Å². The number of carboxylic acid groups (broad SMARTS) is 1. The highest BCUT2D eigenvalue weighted by atomic mass is 16.4. The van der Waals surface area contributed by atoms with Crippen LogP contribution in [-0.2, 0) is 0 Å². The molecule has 0 saturated carbocycles. The molecule has 1 aliphatic rings. The molecule has 1 unspecified atom stereocenters. The first-order valence-corrected chi connectivity index (χ1v) is 6.35. The largest absolute Gasteiger partial charge is 0.478 e. The topological polar surface area (TPSA) is 79.5 Å². The van der Waals surface area contributed by atoms with Crippen molar-refractivity contribution in [2.45, 2.75) is 38.6 Å². The average molecular weight is 249 g/mol. The van der Waals surface area contributed by atoms with Gasteiger partial charge >= 0.3 is 5.97 Å². The minimum atomic E-state index is -1.00. The van der Waals surface area contributed by atoms with E-state index >= 15 is 0 Å².